The zero-order valence-corrected chi connectivity index (χ0v) is 20.2. The smallest absolute Gasteiger partial charge is 0.254 e. The Kier molecular flexibility index (Phi) is 8.24. The van der Waals surface area contributed by atoms with Gasteiger partial charge in [-0.2, -0.15) is 0 Å². The van der Waals surface area contributed by atoms with Gasteiger partial charge in [0.25, 0.3) is 5.91 Å². The van der Waals surface area contributed by atoms with E-state index < -0.39 is 0 Å². The molecule has 0 spiro atoms. The van der Waals surface area contributed by atoms with E-state index in [1.165, 1.54) is 22.0 Å². The van der Waals surface area contributed by atoms with Crippen molar-refractivity contribution in [1.82, 2.24) is 25.1 Å². The molecule has 0 saturated heterocycles. The highest BCUT2D eigenvalue weighted by molar-refractivity contribution is 7.99. The summed E-state index contributed by atoms with van der Waals surface area (Å²) in [5.41, 5.74) is 3.47. The molecule has 0 atom stereocenters. The van der Waals surface area contributed by atoms with E-state index in [1.54, 1.807) is 31.3 Å². The lowest BCUT2D eigenvalue weighted by Gasteiger charge is -2.23. The van der Waals surface area contributed by atoms with Crippen LogP contribution in [0.3, 0.4) is 0 Å². The summed E-state index contributed by atoms with van der Waals surface area (Å²) in [6.45, 7) is 1.13. The first-order valence-corrected chi connectivity index (χ1v) is 12.2. The Hall–Kier alpha value is -3.98. The van der Waals surface area contributed by atoms with Gasteiger partial charge in [-0.05, 0) is 52.2 Å². The first-order valence-electron chi connectivity index (χ1n) is 11.2. The molecule has 4 aromatic rings. The predicted octanol–water partition coefficient (Wildman–Crippen LogP) is 3.83. The van der Waals surface area contributed by atoms with Crippen LogP contribution in [0, 0.1) is 0 Å². The third kappa shape index (κ3) is 7.00. The van der Waals surface area contributed by atoms with Crippen molar-refractivity contribution in [2.24, 2.45) is 7.05 Å². The van der Waals surface area contributed by atoms with Gasteiger partial charge in [0.05, 0.1) is 5.75 Å². The van der Waals surface area contributed by atoms with Gasteiger partial charge in [-0.15, -0.1) is 5.10 Å². The summed E-state index contributed by atoms with van der Waals surface area (Å²) in [6, 6.07) is 27.1. The molecular weight excluding hydrogens is 460 g/mol. The second kappa shape index (κ2) is 11.9. The van der Waals surface area contributed by atoms with Gasteiger partial charge in [-0.1, -0.05) is 72.4 Å². The topological polar surface area (TPSA) is 93.0 Å². The lowest BCUT2D eigenvalue weighted by Crippen LogP contribution is -2.32. The van der Waals surface area contributed by atoms with Crippen LogP contribution in [-0.2, 0) is 24.8 Å². The summed E-state index contributed by atoms with van der Waals surface area (Å²) in [5.74, 6) is -0.0437. The van der Waals surface area contributed by atoms with Crippen molar-refractivity contribution in [2.45, 2.75) is 18.1 Å². The minimum absolute atomic E-state index is 0.0481. The summed E-state index contributed by atoms with van der Waals surface area (Å²) in [7, 11) is 1.72. The molecule has 4 rings (SSSR count). The molecule has 0 aliphatic carbocycles. The Morgan fingerprint density at radius 2 is 1.57 bits per heavy atom. The van der Waals surface area contributed by atoms with Gasteiger partial charge < -0.3 is 10.2 Å². The number of nitrogens with zero attached hydrogens (tertiary/aromatic N) is 5. The maximum Gasteiger partial charge on any atom is 0.254 e. The van der Waals surface area contributed by atoms with Crippen LogP contribution in [-0.4, -0.2) is 49.2 Å². The average molecular weight is 487 g/mol. The molecule has 1 aromatic heterocycles. The summed E-state index contributed by atoms with van der Waals surface area (Å²) < 4.78 is 1.51. The van der Waals surface area contributed by atoms with Gasteiger partial charge in [0.15, 0.2) is 0 Å². The number of carbonyl (C=O) groups excluding carboxylic acids is 2. The molecule has 0 bridgehead atoms. The monoisotopic (exact) mass is 486 g/mol. The highest BCUT2D eigenvalue weighted by atomic mass is 32.2. The SMILES string of the molecule is Cn1nnnc1SCC(=O)Nc1ccc(C(=O)N(CCc2ccccc2)Cc2ccccc2)cc1. The number of rotatable bonds is 10. The van der Waals surface area contributed by atoms with E-state index in [4.69, 9.17) is 0 Å². The first kappa shape index (κ1) is 24.2. The first-order chi connectivity index (χ1) is 17.1. The van der Waals surface area contributed by atoms with Crippen LogP contribution < -0.4 is 5.32 Å². The molecule has 0 aliphatic rings. The summed E-state index contributed by atoms with van der Waals surface area (Å²) in [4.78, 5) is 27.5. The van der Waals surface area contributed by atoms with Gasteiger partial charge >= 0.3 is 0 Å². The summed E-state index contributed by atoms with van der Waals surface area (Å²) in [5, 5.41) is 14.6. The standard InChI is InChI=1S/C26H26N6O2S/c1-31-26(28-29-30-31)35-19-24(33)27-23-14-12-22(13-15-23)25(34)32(18-21-10-6-3-7-11-21)17-16-20-8-4-2-5-9-20/h2-15H,16-19H2,1H3,(H,27,33). The van der Waals surface area contributed by atoms with Crippen molar-refractivity contribution in [3.05, 3.63) is 102 Å². The van der Waals surface area contributed by atoms with Crippen LogP contribution in [0.2, 0.25) is 0 Å². The van der Waals surface area contributed by atoms with Crippen molar-refractivity contribution < 1.29 is 9.59 Å². The maximum atomic E-state index is 13.4. The molecule has 9 heteroatoms. The van der Waals surface area contributed by atoms with Gasteiger partial charge in [0.1, 0.15) is 0 Å². The fraction of sp³-hybridized carbons (Fsp3) is 0.192. The van der Waals surface area contributed by atoms with Crippen LogP contribution in [0.5, 0.6) is 0 Å². The number of amides is 2. The number of hydrogen-bond donors (Lipinski definition) is 1. The molecule has 1 N–H and O–H groups in total. The number of benzene rings is 3. The number of aromatic nitrogens is 4. The minimum atomic E-state index is -0.175. The number of anilines is 1. The van der Waals surface area contributed by atoms with E-state index >= 15 is 0 Å². The zero-order chi connectivity index (χ0) is 24.5. The second-order valence-corrected chi connectivity index (χ2v) is 8.89. The van der Waals surface area contributed by atoms with Crippen LogP contribution >= 0.6 is 11.8 Å². The van der Waals surface area contributed by atoms with Crippen LogP contribution in [0.1, 0.15) is 21.5 Å². The highest BCUT2D eigenvalue weighted by Crippen LogP contribution is 2.17. The molecule has 0 saturated carbocycles. The molecule has 0 radical (unpaired) electrons. The molecule has 1 heterocycles. The minimum Gasteiger partial charge on any atom is -0.334 e. The normalized spacial score (nSPS) is 10.7. The van der Waals surface area contributed by atoms with E-state index in [0.29, 0.717) is 29.5 Å². The zero-order valence-electron chi connectivity index (χ0n) is 19.4. The second-order valence-electron chi connectivity index (χ2n) is 7.95. The van der Waals surface area contributed by atoms with Crippen LogP contribution in [0.25, 0.3) is 0 Å². The van der Waals surface area contributed by atoms with Crippen molar-refractivity contribution in [2.75, 3.05) is 17.6 Å². The van der Waals surface area contributed by atoms with Crippen molar-refractivity contribution in [3.63, 3.8) is 0 Å². The number of tetrazole rings is 1. The molecule has 178 valence electrons. The van der Waals surface area contributed by atoms with Gasteiger partial charge in [-0.25, -0.2) is 4.68 Å². The molecule has 0 aliphatic heterocycles. The Morgan fingerprint density at radius 1 is 0.914 bits per heavy atom. The maximum absolute atomic E-state index is 13.4. The lowest BCUT2D eigenvalue weighted by molar-refractivity contribution is -0.113. The van der Waals surface area contributed by atoms with Gasteiger partial charge in [0.2, 0.25) is 11.1 Å². The van der Waals surface area contributed by atoms with E-state index in [1.807, 2.05) is 53.4 Å². The van der Waals surface area contributed by atoms with Crippen molar-refractivity contribution in [1.29, 1.82) is 0 Å². The summed E-state index contributed by atoms with van der Waals surface area (Å²) >= 11 is 1.25. The van der Waals surface area contributed by atoms with Crippen LogP contribution in [0.15, 0.2) is 90.1 Å². The molecule has 0 unspecified atom stereocenters. The van der Waals surface area contributed by atoms with E-state index in [9.17, 15) is 9.59 Å². The number of hydrogen-bond acceptors (Lipinski definition) is 6. The van der Waals surface area contributed by atoms with Gasteiger partial charge in [0, 0.05) is 31.4 Å². The Morgan fingerprint density at radius 3 is 2.20 bits per heavy atom. The Bertz CT molecular complexity index is 1250. The molecule has 0 fully saturated rings. The van der Waals surface area contributed by atoms with E-state index in [2.05, 4.69) is 33.0 Å². The van der Waals surface area contributed by atoms with Gasteiger partial charge in [-0.3, -0.25) is 9.59 Å². The summed E-state index contributed by atoms with van der Waals surface area (Å²) in [6.07, 6.45) is 0.770. The van der Waals surface area contributed by atoms with Crippen molar-refractivity contribution in [3.8, 4) is 0 Å². The number of nitrogens with one attached hydrogen (secondary N) is 1. The number of carbonyl (C=O) groups is 2. The van der Waals surface area contributed by atoms with Crippen LogP contribution in [0.4, 0.5) is 5.69 Å². The van der Waals surface area contributed by atoms with E-state index in [-0.39, 0.29) is 17.6 Å². The predicted molar refractivity (Wildman–Crippen MR) is 136 cm³/mol. The molecule has 8 nitrogen and oxygen atoms in total. The lowest BCUT2D eigenvalue weighted by atomic mass is 10.1. The molecule has 35 heavy (non-hydrogen) atoms. The Balaban J connectivity index is 1.39. The number of thioether (sulfide) groups is 1. The quantitative estimate of drug-likeness (QED) is 0.343. The third-order valence-electron chi connectivity index (χ3n) is 5.35. The Labute approximate surface area is 208 Å². The number of aryl methyl sites for hydroxylation is 1. The van der Waals surface area contributed by atoms with Crippen molar-refractivity contribution >= 4 is 29.3 Å². The fourth-order valence-electron chi connectivity index (χ4n) is 3.51. The molecule has 2 amide bonds. The van der Waals surface area contributed by atoms with E-state index in [0.717, 1.165) is 12.0 Å². The largest absolute Gasteiger partial charge is 0.334 e. The average Bonchev–Trinajstić information content (AvgIpc) is 3.31. The highest BCUT2D eigenvalue weighted by Gasteiger charge is 2.17. The molecular formula is C26H26N6O2S. The third-order valence-corrected chi connectivity index (χ3v) is 6.36. The molecule has 3 aromatic carbocycles. The fourth-order valence-corrected chi connectivity index (χ4v) is 4.16.